The highest BCUT2D eigenvalue weighted by molar-refractivity contribution is 5.81. The van der Waals surface area contributed by atoms with Crippen LogP contribution in [0.25, 0.3) is 0 Å². The second-order valence-electron chi connectivity index (χ2n) is 7.63. The third-order valence-electron chi connectivity index (χ3n) is 5.42. The smallest absolute Gasteiger partial charge is 0.315 e. The van der Waals surface area contributed by atoms with Gasteiger partial charge in [0, 0.05) is 13.1 Å². The molecule has 1 aromatic heterocycles. The summed E-state index contributed by atoms with van der Waals surface area (Å²) >= 11 is 0. The SMILES string of the molecule is CC1C(=O)N(Cc2ccccc2)Cc2c(CNC(=O)NCCc3ccccc3)nnn21. The van der Waals surface area contributed by atoms with E-state index in [1.165, 1.54) is 5.56 Å². The number of carbonyl (C=O) groups excluding carboxylic acids is 2. The van der Waals surface area contributed by atoms with E-state index in [9.17, 15) is 9.59 Å². The fraction of sp³-hybridized carbons (Fsp3) is 0.304. The summed E-state index contributed by atoms with van der Waals surface area (Å²) in [6.45, 7) is 3.57. The Morgan fingerprint density at radius 2 is 1.71 bits per heavy atom. The fourth-order valence-corrected chi connectivity index (χ4v) is 3.72. The molecule has 2 N–H and O–H groups in total. The van der Waals surface area contributed by atoms with Crippen LogP contribution < -0.4 is 10.6 Å². The minimum Gasteiger partial charge on any atom is -0.338 e. The summed E-state index contributed by atoms with van der Waals surface area (Å²) in [4.78, 5) is 26.7. The van der Waals surface area contributed by atoms with Crippen molar-refractivity contribution in [1.82, 2.24) is 30.5 Å². The van der Waals surface area contributed by atoms with Gasteiger partial charge in [0.1, 0.15) is 11.7 Å². The molecular weight excluding hydrogens is 392 g/mol. The van der Waals surface area contributed by atoms with Gasteiger partial charge in [-0.3, -0.25) is 4.79 Å². The van der Waals surface area contributed by atoms with Crippen molar-refractivity contribution in [1.29, 1.82) is 0 Å². The normalized spacial score (nSPS) is 15.5. The molecule has 160 valence electrons. The number of amides is 3. The summed E-state index contributed by atoms with van der Waals surface area (Å²) in [7, 11) is 0. The van der Waals surface area contributed by atoms with E-state index in [1.54, 1.807) is 4.68 Å². The van der Waals surface area contributed by atoms with Crippen molar-refractivity contribution < 1.29 is 9.59 Å². The molecule has 0 spiro atoms. The highest BCUT2D eigenvalue weighted by Gasteiger charge is 2.33. The maximum absolute atomic E-state index is 12.8. The Labute approximate surface area is 181 Å². The number of hydrogen-bond acceptors (Lipinski definition) is 4. The molecule has 4 rings (SSSR count). The highest BCUT2D eigenvalue weighted by atomic mass is 16.2. The first kappa shape index (κ1) is 20.6. The van der Waals surface area contributed by atoms with E-state index in [2.05, 4.69) is 20.9 Å². The average Bonchev–Trinajstić information content (AvgIpc) is 3.20. The van der Waals surface area contributed by atoms with Crippen molar-refractivity contribution in [2.24, 2.45) is 0 Å². The molecule has 1 atom stereocenters. The molecule has 8 nitrogen and oxygen atoms in total. The maximum atomic E-state index is 12.8. The molecule has 0 saturated heterocycles. The zero-order valence-electron chi connectivity index (χ0n) is 17.5. The van der Waals surface area contributed by atoms with Gasteiger partial charge in [-0.25, -0.2) is 9.48 Å². The summed E-state index contributed by atoms with van der Waals surface area (Å²) in [6, 6.07) is 19.2. The molecule has 31 heavy (non-hydrogen) atoms. The number of benzene rings is 2. The van der Waals surface area contributed by atoms with Crippen molar-refractivity contribution in [3.8, 4) is 0 Å². The van der Waals surface area contributed by atoms with Gasteiger partial charge >= 0.3 is 6.03 Å². The Kier molecular flexibility index (Phi) is 6.26. The molecule has 2 heterocycles. The minimum absolute atomic E-state index is 0.0133. The summed E-state index contributed by atoms with van der Waals surface area (Å²) in [5, 5.41) is 14.1. The van der Waals surface area contributed by atoms with E-state index in [4.69, 9.17) is 0 Å². The van der Waals surface area contributed by atoms with Crippen LogP contribution in [0, 0.1) is 0 Å². The molecule has 0 radical (unpaired) electrons. The molecule has 3 amide bonds. The Bertz CT molecular complexity index is 1030. The first-order chi connectivity index (χ1) is 15.1. The zero-order valence-corrected chi connectivity index (χ0v) is 17.5. The largest absolute Gasteiger partial charge is 0.338 e. The third kappa shape index (κ3) is 4.91. The topological polar surface area (TPSA) is 92.2 Å². The Hall–Kier alpha value is -3.68. The number of hydrogen-bond donors (Lipinski definition) is 2. The first-order valence-corrected chi connectivity index (χ1v) is 10.4. The lowest BCUT2D eigenvalue weighted by molar-refractivity contribution is -0.138. The lowest BCUT2D eigenvalue weighted by Gasteiger charge is -2.31. The molecule has 8 heteroatoms. The van der Waals surface area contributed by atoms with E-state index in [-0.39, 0.29) is 18.5 Å². The maximum Gasteiger partial charge on any atom is 0.315 e. The van der Waals surface area contributed by atoms with Gasteiger partial charge < -0.3 is 15.5 Å². The molecule has 1 unspecified atom stereocenters. The summed E-state index contributed by atoms with van der Waals surface area (Å²) in [5.74, 6) is 0.0133. The van der Waals surface area contributed by atoms with Gasteiger partial charge in [0.25, 0.3) is 0 Å². The van der Waals surface area contributed by atoms with Gasteiger partial charge in [0.15, 0.2) is 0 Å². The van der Waals surface area contributed by atoms with Crippen LogP contribution in [0.2, 0.25) is 0 Å². The standard InChI is InChI=1S/C23H26N6O2/c1-17-22(30)28(15-19-10-6-3-7-11-19)16-21-20(26-27-29(17)21)14-25-23(31)24-13-12-18-8-4-2-5-9-18/h2-11,17H,12-16H2,1H3,(H2,24,25,31). The van der Waals surface area contributed by atoms with E-state index < -0.39 is 6.04 Å². The summed E-state index contributed by atoms with van der Waals surface area (Å²) < 4.78 is 1.66. The quantitative estimate of drug-likeness (QED) is 0.616. The van der Waals surface area contributed by atoms with E-state index in [0.29, 0.717) is 25.3 Å². The molecule has 0 saturated carbocycles. The lowest BCUT2D eigenvalue weighted by Crippen LogP contribution is -2.42. The fourth-order valence-electron chi connectivity index (χ4n) is 3.72. The van der Waals surface area contributed by atoms with Crippen molar-refractivity contribution >= 4 is 11.9 Å². The molecule has 1 aliphatic rings. The van der Waals surface area contributed by atoms with E-state index in [0.717, 1.165) is 17.7 Å². The number of fused-ring (bicyclic) bond motifs is 1. The van der Waals surface area contributed by atoms with Crippen molar-refractivity contribution in [3.05, 3.63) is 83.2 Å². The van der Waals surface area contributed by atoms with Crippen LogP contribution in [0.4, 0.5) is 4.79 Å². The number of carbonyl (C=O) groups is 2. The van der Waals surface area contributed by atoms with Crippen LogP contribution in [-0.4, -0.2) is 38.4 Å². The van der Waals surface area contributed by atoms with Crippen molar-refractivity contribution in [3.63, 3.8) is 0 Å². The number of aromatic nitrogens is 3. The van der Waals surface area contributed by atoms with Gasteiger partial charge in [-0.1, -0.05) is 65.9 Å². The predicted octanol–water partition coefficient (Wildman–Crippen LogP) is 2.42. The Morgan fingerprint density at radius 3 is 2.42 bits per heavy atom. The average molecular weight is 419 g/mol. The summed E-state index contributed by atoms with van der Waals surface area (Å²) in [6.07, 6.45) is 0.768. The first-order valence-electron chi connectivity index (χ1n) is 10.4. The van der Waals surface area contributed by atoms with E-state index in [1.807, 2.05) is 72.5 Å². The van der Waals surface area contributed by atoms with E-state index >= 15 is 0 Å². The van der Waals surface area contributed by atoms with Gasteiger partial charge in [-0.05, 0) is 24.5 Å². The molecular formula is C23H26N6O2. The third-order valence-corrected chi connectivity index (χ3v) is 5.42. The highest BCUT2D eigenvalue weighted by Crippen LogP contribution is 2.24. The van der Waals surface area contributed by atoms with Gasteiger partial charge in [0.2, 0.25) is 5.91 Å². The number of nitrogens with one attached hydrogen (secondary N) is 2. The Balaban J connectivity index is 1.34. The summed E-state index contributed by atoms with van der Waals surface area (Å²) in [5.41, 5.74) is 3.78. The second kappa shape index (κ2) is 9.42. The number of rotatable bonds is 7. The van der Waals surface area contributed by atoms with Crippen LogP contribution in [0.5, 0.6) is 0 Å². The van der Waals surface area contributed by atoms with Crippen LogP contribution in [0.3, 0.4) is 0 Å². The predicted molar refractivity (Wildman–Crippen MR) is 116 cm³/mol. The lowest BCUT2D eigenvalue weighted by atomic mass is 10.1. The molecule has 0 fully saturated rings. The molecule has 2 aromatic carbocycles. The Morgan fingerprint density at radius 1 is 1.03 bits per heavy atom. The van der Waals surface area contributed by atoms with Crippen LogP contribution >= 0.6 is 0 Å². The number of urea groups is 1. The zero-order chi connectivity index (χ0) is 21.6. The van der Waals surface area contributed by atoms with Crippen LogP contribution in [0.1, 0.15) is 35.5 Å². The van der Waals surface area contributed by atoms with Crippen molar-refractivity contribution in [2.45, 2.75) is 39.0 Å². The number of nitrogens with zero attached hydrogens (tertiary/aromatic N) is 4. The minimum atomic E-state index is -0.423. The monoisotopic (exact) mass is 418 g/mol. The van der Waals surface area contributed by atoms with Gasteiger partial charge in [-0.2, -0.15) is 0 Å². The van der Waals surface area contributed by atoms with Crippen LogP contribution in [-0.2, 0) is 30.8 Å². The molecule has 3 aromatic rings. The molecule has 1 aliphatic heterocycles. The van der Waals surface area contributed by atoms with Gasteiger partial charge in [0.05, 0.1) is 18.8 Å². The van der Waals surface area contributed by atoms with Crippen LogP contribution in [0.15, 0.2) is 60.7 Å². The second-order valence-corrected chi connectivity index (χ2v) is 7.63. The molecule has 0 bridgehead atoms. The molecule has 0 aliphatic carbocycles. The van der Waals surface area contributed by atoms with Gasteiger partial charge in [-0.15, -0.1) is 5.10 Å². The van der Waals surface area contributed by atoms with Crippen molar-refractivity contribution in [2.75, 3.05) is 6.54 Å².